The summed E-state index contributed by atoms with van der Waals surface area (Å²) in [5, 5.41) is 4.23. The Hall–Kier alpha value is -1.85. The van der Waals surface area contributed by atoms with Gasteiger partial charge in [-0.25, -0.2) is 0 Å². The lowest BCUT2D eigenvalue weighted by atomic mass is 10.1. The molecule has 1 aromatic heterocycles. The molecule has 5 heteroatoms. The molecular formula is C15H17N3OS. The van der Waals surface area contributed by atoms with Crippen LogP contribution in [0.15, 0.2) is 35.0 Å². The highest BCUT2D eigenvalue weighted by Gasteiger charge is 2.32. The van der Waals surface area contributed by atoms with Crippen molar-refractivity contribution in [2.24, 2.45) is 5.73 Å². The van der Waals surface area contributed by atoms with Gasteiger partial charge in [-0.3, -0.25) is 4.79 Å². The van der Waals surface area contributed by atoms with E-state index in [0.29, 0.717) is 0 Å². The highest BCUT2D eigenvalue weighted by molar-refractivity contribution is 7.07. The van der Waals surface area contributed by atoms with Crippen LogP contribution in [0.3, 0.4) is 0 Å². The predicted molar refractivity (Wildman–Crippen MR) is 83.2 cm³/mol. The molecule has 0 fully saturated rings. The van der Waals surface area contributed by atoms with E-state index in [1.165, 1.54) is 5.56 Å². The summed E-state index contributed by atoms with van der Waals surface area (Å²) >= 11 is 1.70. The topological polar surface area (TPSA) is 49.6 Å². The number of benzene rings is 1. The summed E-state index contributed by atoms with van der Waals surface area (Å²) in [4.78, 5) is 15.7. The molecule has 1 aliphatic rings. The minimum absolute atomic E-state index is 0.0439. The number of carbonyl (C=O) groups excluding carboxylic acids is 1. The molecule has 1 aromatic carbocycles. The summed E-state index contributed by atoms with van der Waals surface area (Å²) in [5.41, 5.74) is 10.1. The molecule has 1 amide bonds. The minimum atomic E-state index is -0.522. The zero-order chi connectivity index (χ0) is 14.3. The maximum absolute atomic E-state index is 11.9. The van der Waals surface area contributed by atoms with Gasteiger partial charge in [0.15, 0.2) is 0 Å². The highest BCUT2D eigenvalue weighted by atomic mass is 32.1. The van der Waals surface area contributed by atoms with E-state index in [2.05, 4.69) is 28.8 Å². The first kappa shape index (κ1) is 13.1. The Kier molecular flexibility index (Phi) is 3.23. The minimum Gasteiger partial charge on any atom is -0.370 e. The number of hydrogen-bond acceptors (Lipinski definition) is 4. The van der Waals surface area contributed by atoms with Crippen molar-refractivity contribution in [2.75, 3.05) is 23.9 Å². The molecule has 104 valence electrons. The Bertz CT molecular complexity index is 639. The maximum atomic E-state index is 11.9. The molecule has 2 aromatic rings. The predicted octanol–water partition coefficient (Wildman–Crippen LogP) is 2.36. The van der Waals surface area contributed by atoms with Gasteiger partial charge in [-0.15, -0.1) is 0 Å². The quantitative estimate of drug-likeness (QED) is 0.943. The molecule has 20 heavy (non-hydrogen) atoms. The van der Waals surface area contributed by atoms with Crippen LogP contribution in [0.2, 0.25) is 0 Å². The van der Waals surface area contributed by atoms with Gasteiger partial charge in [0.2, 0.25) is 5.91 Å². The van der Waals surface area contributed by atoms with Crippen molar-refractivity contribution in [3.63, 3.8) is 0 Å². The smallest absolute Gasteiger partial charge is 0.248 e. The summed E-state index contributed by atoms with van der Waals surface area (Å²) in [6.07, 6.45) is 0. The van der Waals surface area contributed by atoms with Crippen LogP contribution >= 0.6 is 11.3 Å². The summed E-state index contributed by atoms with van der Waals surface area (Å²) in [5.74, 6) is -0.0439. The first-order valence-electron chi connectivity index (χ1n) is 6.47. The van der Waals surface area contributed by atoms with Gasteiger partial charge in [0.25, 0.3) is 0 Å². The fraction of sp³-hybridized carbons (Fsp3) is 0.267. The van der Waals surface area contributed by atoms with Gasteiger partial charge in [0, 0.05) is 31.9 Å². The van der Waals surface area contributed by atoms with E-state index < -0.39 is 6.04 Å². The van der Waals surface area contributed by atoms with E-state index in [0.717, 1.165) is 23.5 Å². The van der Waals surface area contributed by atoms with E-state index in [9.17, 15) is 4.79 Å². The molecule has 0 saturated heterocycles. The van der Waals surface area contributed by atoms with Gasteiger partial charge in [-0.05, 0) is 34.5 Å². The van der Waals surface area contributed by atoms with E-state index in [-0.39, 0.29) is 5.91 Å². The molecule has 0 radical (unpaired) electrons. The molecule has 4 nitrogen and oxygen atoms in total. The SMILES string of the molecule is CN(Cc1ccsc1)c1ccc2c(c1)N(C)C(=O)C2N. The van der Waals surface area contributed by atoms with Crippen LogP contribution in [0.5, 0.6) is 0 Å². The molecule has 2 heterocycles. The molecule has 0 bridgehead atoms. The standard InChI is InChI=1S/C15H17N3OS/c1-17(8-10-5-6-20-9-10)11-3-4-12-13(7-11)18(2)15(19)14(12)16/h3-7,9,14H,8,16H2,1-2H3. The number of fused-ring (bicyclic) bond motifs is 1. The molecule has 0 aliphatic carbocycles. The Labute approximate surface area is 122 Å². The lowest BCUT2D eigenvalue weighted by Crippen LogP contribution is -2.27. The number of hydrogen-bond donors (Lipinski definition) is 1. The van der Waals surface area contributed by atoms with Gasteiger partial charge in [0.1, 0.15) is 6.04 Å². The number of rotatable bonds is 3. The number of likely N-dealkylation sites (N-methyl/N-ethyl adjacent to an activating group) is 1. The summed E-state index contributed by atoms with van der Waals surface area (Å²) in [7, 11) is 3.83. The lowest BCUT2D eigenvalue weighted by Gasteiger charge is -2.20. The molecule has 3 rings (SSSR count). The molecule has 0 spiro atoms. The van der Waals surface area contributed by atoms with Gasteiger partial charge >= 0.3 is 0 Å². The first-order valence-corrected chi connectivity index (χ1v) is 7.41. The second-order valence-corrected chi connectivity index (χ2v) is 5.89. The van der Waals surface area contributed by atoms with E-state index in [1.807, 2.05) is 18.2 Å². The van der Waals surface area contributed by atoms with Crippen LogP contribution in [-0.4, -0.2) is 20.0 Å². The van der Waals surface area contributed by atoms with Gasteiger partial charge in [-0.2, -0.15) is 11.3 Å². The molecular weight excluding hydrogens is 270 g/mol. The number of nitrogens with zero attached hydrogens (tertiary/aromatic N) is 2. The van der Waals surface area contributed by atoms with Crippen molar-refractivity contribution in [3.8, 4) is 0 Å². The molecule has 1 aliphatic heterocycles. The van der Waals surface area contributed by atoms with Gasteiger partial charge in [0.05, 0.1) is 5.69 Å². The van der Waals surface area contributed by atoms with Crippen molar-refractivity contribution in [3.05, 3.63) is 46.2 Å². The molecule has 1 unspecified atom stereocenters. The van der Waals surface area contributed by atoms with Crippen LogP contribution < -0.4 is 15.5 Å². The Morgan fingerprint density at radius 2 is 2.20 bits per heavy atom. The van der Waals surface area contributed by atoms with Crippen LogP contribution in [0, 0.1) is 0 Å². The van der Waals surface area contributed by atoms with Crippen molar-refractivity contribution in [1.82, 2.24) is 0 Å². The summed E-state index contributed by atoms with van der Waals surface area (Å²) in [6.45, 7) is 0.853. The number of nitrogens with two attached hydrogens (primary N) is 1. The summed E-state index contributed by atoms with van der Waals surface area (Å²) < 4.78 is 0. The van der Waals surface area contributed by atoms with Crippen molar-refractivity contribution >= 4 is 28.6 Å². The average molecular weight is 287 g/mol. The van der Waals surface area contributed by atoms with Crippen molar-refractivity contribution in [1.29, 1.82) is 0 Å². The van der Waals surface area contributed by atoms with E-state index in [4.69, 9.17) is 5.73 Å². The van der Waals surface area contributed by atoms with Crippen LogP contribution in [0.1, 0.15) is 17.2 Å². The third-order valence-corrected chi connectivity index (χ3v) is 4.48. The summed E-state index contributed by atoms with van der Waals surface area (Å²) in [6, 6.07) is 7.62. The number of thiophene rings is 1. The first-order chi connectivity index (χ1) is 9.58. The molecule has 1 atom stereocenters. The maximum Gasteiger partial charge on any atom is 0.248 e. The monoisotopic (exact) mass is 287 g/mol. The average Bonchev–Trinajstić information content (AvgIpc) is 3.03. The normalized spacial score (nSPS) is 17.4. The fourth-order valence-corrected chi connectivity index (χ4v) is 3.19. The van der Waals surface area contributed by atoms with Gasteiger partial charge in [-0.1, -0.05) is 6.07 Å². The van der Waals surface area contributed by atoms with E-state index >= 15 is 0 Å². The van der Waals surface area contributed by atoms with E-state index in [1.54, 1.807) is 23.3 Å². The number of amides is 1. The lowest BCUT2D eigenvalue weighted by molar-refractivity contribution is -0.118. The number of anilines is 2. The second-order valence-electron chi connectivity index (χ2n) is 5.11. The molecule has 2 N–H and O–H groups in total. The van der Waals surface area contributed by atoms with Crippen molar-refractivity contribution in [2.45, 2.75) is 12.6 Å². The second kappa shape index (κ2) is 4.92. The zero-order valence-electron chi connectivity index (χ0n) is 11.5. The van der Waals surface area contributed by atoms with Gasteiger partial charge < -0.3 is 15.5 Å². The van der Waals surface area contributed by atoms with Crippen LogP contribution in [-0.2, 0) is 11.3 Å². The molecule has 0 saturated carbocycles. The third-order valence-electron chi connectivity index (χ3n) is 3.75. The Morgan fingerprint density at radius 3 is 2.90 bits per heavy atom. The van der Waals surface area contributed by atoms with Crippen LogP contribution in [0.25, 0.3) is 0 Å². The number of carbonyl (C=O) groups is 1. The Morgan fingerprint density at radius 1 is 1.40 bits per heavy atom. The van der Waals surface area contributed by atoms with Crippen molar-refractivity contribution < 1.29 is 4.79 Å². The largest absolute Gasteiger partial charge is 0.370 e. The highest BCUT2D eigenvalue weighted by Crippen LogP contribution is 2.36. The Balaban J connectivity index is 1.88. The zero-order valence-corrected chi connectivity index (χ0v) is 12.4. The third kappa shape index (κ3) is 2.09. The fourth-order valence-electron chi connectivity index (χ4n) is 2.53. The van der Waals surface area contributed by atoms with Crippen LogP contribution in [0.4, 0.5) is 11.4 Å².